The fourth-order valence-electron chi connectivity index (χ4n) is 2.77. The minimum Gasteiger partial charge on any atom is -0.490 e. The first-order chi connectivity index (χ1) is 12.7. The predicted octanol–water partition coefficient (Wildman–Crippen LogP) is 2.73. The zero-order chi connectivity index (χ0) is 18.4. The third kappa shape index (κ3) is 4.49. The Labute approximate surface area is 154 Å². The minimum absolute atomic E-state index is 0.104. The standard InChI is InChI=1S/C19H26N4O3/c1-20-19(21-13-15(23(2)3)16-6-4-9-24-16)22-14-7-8-17-18(12-14)26-11-5-10-25-17/h4,6-9,12,15H,5,10-11,13H2,1-3H3,(H2,20,21,22). The molecule has 0 spiro atoms. The Hall–Kier alpha value is -2.67. The van der Waals surface area contributed by atoms with Gasteiger partial charge in [0.25, 0.3) is 0 Å². The summed E-state index contributed by atoms with van der Waals surface area (Å²) in [6.07, 6.45) is 2.58. The molecule has 0 saturated heterocycles. The fraction of sp³-hybridized carbons (Fsp3) is 0.421. The maximum absolute atomic E-state index is 5.74. The molecule has 0 bridgehead atoms. The van der Waals surface area contributed by atoms with Gasteiger partial charge in [-0.05, 0) is 38.4 Å². The van der Waals surface area contributed by atoms with Crippen molar-refractivity contribution in [3.63, 3.8) is 0 Å². The second-order valence-electron chi connectivity index (χ2n) is 6.28. The van der Waals surface area contributed by atoms with Gasteiger partial charge in [-0.2, -0.15) is 0 Å². The zero-order valence-corrected chi connectivity index (χ0v) is 15.5. The molecule has 2 N–H and O–H groups in total. The Morgan fingerprint density at radius 1 is 1.19 bits per heavy atom. The predicted molar refractivity (Wildman–Crippen MR) is 102 cm³/mol. The third-order valence-corrected chi connectivity index (χ3v) is 4.19. The molecular weight excluding hydrogens is 332 g/mol. The van der Waals surface area contributed by atoms with E-state index in [1.165, 1.54) is 0 Å². The van der Waals surface area contributed by atoms with Crippen LogP contribution in [0.3, 0.4) is 0 Å². The number of furan rings is 1. The molecule has 0 fully saturated rings. The number of nitrogens with one attached hydrogen (secondary N) is 2. The van der Waals surface area contributed by atoms with Crippen LogP contribution in [0.4, 0.5) is 5.69 Å². The smallest absolute Gasteiger partial charge is 0.195 e. The highest BCUT2D eigenvalue weighted by Crippen LogP contribution is 2.32. The number of ether oxygens (including phenoxy) is 2. The monoisotopic (exact) mass is 358 g/mol. The zero-order valence-electron chi connectivity index (χ0n) is 15.5. The van der Waals surface area contributed by atoms with Crippen LogP contribution < -0.4 is 20.1 Å². The van der Waals surface area contributed by atoms with Gasteiger partial charge in [0.15, 0.2) is 17.5 Å². The number of anilines is 1. The van der Waals surface area contributed by atoms with E-state index in [4.69, 9.17) is 13.9 Å². The van der Waals surface area contributed by atoms with Crippen LogP contribution in [0.1, 0.15) is 18.2 Å². The molecule has 7 nitrogen and oxygen atoms in total. The third-order valence-electron chi connectivity index (χ3n) is 4.19. The summed E-state index contributed by atoms with van der Waals surface area (Å²) in [6.45, 7) is 2.00. The molecule has 1 aliphatic rings. The number of rotatable bonds is 5. The van der Waals surface area contributed by atoms with Crippen molar-refractivity contribution in [3.8, 4) is 11.5 Å². The molecule has 2 aromatic rings. The molecule has 7 heteroatoms. The number of aliphatic imine (C=N–C) groups is 1. The lowest BCUT2D eigenvalue weighted by Gasteiger charge is -2.23. The molecular formula is C19H26N4O3. The van der Waals surface area contributed by atoms with E-state index in [9.17, 15) is 0 Å². The van der Waals surface area contributed by atoms with Gasteiger partial charge in [0, 0.05) is 31.8 Å². The number of guanidine groups is 1. The van der Waals surface area contributed by atoms with Gasteiger partial charge >= 0.3 is 0 Å². The summed E-state index contributed by atoms with van der Waals surface area (Å²) in [5.74, 6) is 3.12. The number of benzene rings is 1. The van der Waals surface area contributed by atoms with Gasteiger partial charge in [0.2, 0.25) is 0 Å². The van der Waals surface area contributed by atoms with E-state index in [1.807, 2.05) is 44.4 Å². The Balaban J connectivity index is 1.64. The van der Waals surface area contributed by atoms with E-state index in [0.717, 1.165) is 29.4 Å². The van der Waals surface area contributed by atoms with E-state index in [-0.39, 0.29) is 6.04 Å². The van der Waals surface area contributed by atoms with Crippen molar-refractivity contribution < 1.29 is 13.9 Å². The summed E-state index contributed by atoms with van der Waals surface area (Å²) in [7, 11) is 5.79. The van der Waals surface area contributed by atoms with Gasteiger partial charge < -0.3 is 24.5 Å². The maximum atomic E-state index is 5.74. The summed E-state index contributed by atoms with van der Waals surface area (Å²) in [5, 5.41) is 6.64. The Kier molecular flexibility index (Phi) is 6.01. The summed E-state index contributed by atoms with van der Waals surface area (Å²) >= 11 is 0. The molecule has 1 atom stereocenters. The average molecular weight is 358 g/mol. The molecule has 26 heavy (non-hydrogen) atoms. The molecule has 140 valence electrons. The number of hydrogen-bond donors (Lipinski definition) is 2. The van der Waals surface area contributed by atoms with Crippen LogP contribution >= 0.6 is 0 Å². The van der Waals surface area contributed by atoms with Gasteiger partial charge in [0.05, 0.1) is 25.5 Å². The van der Waals surface area contributed by atoms with Crippen molar-refractivity contribution in [1.29, 1.82) is 0 Å². The summed E-state index contributed by atoms with van der Waals surface area (Å²) in [4.78, 5) is 6.40. The first kappa shape index (κ1) is 18.1. The minimum atomic E-state index is 0.104. The van der Waals surface area contributed by atoms with Gasteiger partial charge in [-0.25, -0.2) is 0 Å². The van der Waals surface area contributed by atoms with E-state index in [2.05, 4.69) is 20.5 Å². The number of likely N-dealkylation sites (N-methyl/N-ethyl adjacent to an activating group) is 1. The van der Waals surface area contributed by atoms with Crippen molar-refractivity contribution >= 4 is 11.6 Å². The molecule has 0 amide bonds. The van der Waals surface area contributed by atoms with Gasteiger partial charge in [0.1, 0.15) is 5.76 Å². The molecule has 0 aliphatic carbocycles. The second-order valence-corrected chi connectivity index (χ2v) is 6.28. The second kappa shape index (κ2) is 8.62. The van der Waals surface area contributed by atoms with Crippen LogP contribution in [-0.4, -0.2) is 51.8 Å². The average Bonchev–Trinajstić information content (AvgIpc) is 3.05. The van der Waals surface area contributed by atoms with Crippen LogP contribution in [-0.2, 0) is 0 Å². The summed E-state index contributed by atoms with van der Waals surface area (Å²) in [5.41, 5.74) is 0.891. The van der Waals surface area contributed by atoms with Crippen molar-refractivity contribution in [2.24, 2.45) is 4.99 Å². The van der Waals surface area contributed by atoms with E-state index < -0.39 is 0 Å². The lowest BCUT2D eigenvalue weighted by molar-refractivity contribution is 0.258. The molecule has 1 aromatic carbocycles. The van der Waals surface area contributed by atoms with Crippen molar-refractivity contribution in [2.75, 3.05) is 46.2 Å². The Morgan fingerprint density at radius 2 is 2.00 bits per heavy atom. The van der Waals surface area contributed by atoms with Crippen LogP contribution in [0, 0.1) is 0 Å². The molecule has 3 rings (SSSR count). The van der Waals surface area contributed by atoms with Gasteiger partial charge in [-0.3, -0.25) is 9.89 Å². The quantitative estimate of drug-likeness (QED) is 0.633. The Morgan fingerprint density at radius 3 is 2.69 bits per heavy atom. The molecule has 1 aliphatic heterocycles. The number of fused-ring (bicyclic) bond motifs is 1. The lowest BCUT2D eigenvalue weighted by Crippen LogP contribution is -2.37. The number of nitrogens with zero attached hydrogens (tertiary/aromatic N) is 2. The lowest BCUT2D eigenvalue weighted by atomic mass is 10.2. The number of hydrogen-bond acceptors (Lipinski definition) is 5. The summed E-state index contributed by atoms with van der Waals surface area (Å²) in [6, 6.07) is 9.79. The normalized spacial score (nSPS) is 15.5. The van der Waals surface area contributed by atoms with E-state index >= 15 is 0 Å². The molecule has 0 saturated carbocycles. The van der Waals surface area contributed by atoms with Crippen LogP contribution in [0.2, 0.25) is 0 Å². The summed E-state index contributed by atoms with van der Waals surface area (Å²) < 4.78 is 16.9. The van der Waals surface area contributed by atoms with Crippen LogP contribution in [0.25, 0.3) is 0 Å². The van der Waals surface area contributed by atoms with Crippen molar-refractivity contribution in [3.05, 3.63) is 42.4 Å². The highest BCUT2D eigenvalue weighted by Gasteiger charge is 2.17. The van der Waals surface area contributed by atoms with Crippen LogP contribution in [0.5, 0.6) is 11.5 Å². The molecule has 2 heterocycles. The van der Waals surface area contributed by atoms with Crippen molar-refractivity contribution in [2.45, 2.75) is 12.5 Å². The molecule has 1 unspecified atom stereocenters. The van der Waals surface area contributed by atoms with Crippen LogP contribution in [0.15, 0.2) is 46.0 Å². The van der Waals surface area contributed by atoms with E-state index in [1.54, 1.807) is 13.3 Å². The first-order valence-electron chi connectivity index (χ1n) is 8.74. The van der Waals surface area contributed by atoms with Gasteiger partial charge in [-0.15, -0.1) is 0 Å². The maximum Gasteiger partial charge on any atom is 0.195 e. The SMILES string of the molecule is CN=C(NCC(c1ccco1)N(C)C)Nc1ccc2c(c1)OCCCO2. The topological polar surface area (TPSA) is 71.3 Å². The largest absolute Gasteiger partial charge is 0.490 e. The molecule has 1 aromatic heterocycles. The van der Waals surface area contributed by atoms with Crippen molar-refractivity contribution in [1.82, 2.24) is 10.2 Å². The first-order valence-corrected chi connectivity index (χ1v) is 8.74. The Bertz CT molecular complexity index is 728. The van der Waals surface area contributed by atoms with E-state index in [0.29, 0.717) is 25.7 Å². The van der Waals surface area contributed by atoms with Gasteiger partial charge in [-0.1, -0.05) is 0 Å². The highest BCUT2D eigenvalue weighted by atomic mass is 16.5. The highest BCUT2D eigenvalue weighted by molar-refractivity contribution is 5.93. The fourth-order valence-corrected chi connectivity index (χ4v) is 2.77. The molecule has 0 radical (unpaired) electrons.